The van der Waals surface area contributed by atoms with Crippen molar-refractivity contribution in [3.63, 3.8) is 0 Å². The summed E-state index contributed by atoms with van der Waals surface area (Å²) in [7, 11) is 0. The molecule has 0 unspecified atom stereocenters. The van der Waals surface area contributed by atoms with Crippen molar-refractivity contribution in [3.8, 4) is 5.75 Å². The summed E-state index contributed by atoms with van der Waals surface area (Å²) in [5.74, 6) is 1.01. The van der Waals surface area contributed by atoms with Crippen LogP contribution in [0.1, 0.15) is 43.2 Å². The first-order valence-corrected chi connectivity index (χ1v) is 8.16. The van der Waals surface area contributed by atoms with E-state index in [0.29, 0.717) is 0 Å². The molecule has 0 atom stereocenters. The van der Waals surface area contributed by atoms with Crippen molar-refractivity contribution >= 4 is 11.6 Å². The second kappa shape index (κ2) is 7.90. The van der Waals surface area contributed by atoms with Gasteiger partial charge in [0.05, 0.1) is 6.61 Å². The molecule has 112 valence electrons. The van der Waals surface area contributed by atoms with E-state index in [4.69, 9.17) is 16.3 Å². The van der Waals surface area contributed by atoms with Crippen molar-refractivity contribution in [1.82, 2.24) is 4.90 Å². The van der Waals surface area contributed by atoms with Gasteiger partial charge in [-0.15, -0.1) is 0 Å². The normalized spacial score (nSPS) is 15.8. The summed E-state index contributed by atoms with van der Waals surface area (Å²) in [6, 6.07) is 3.94. The zero-order chi connectivity index (χ0) is 14.4. The molecule has 0 spiro atoms. The Labute approximate surface area is 128 Å². The van der Waals surface area contributed by atoms with E-state index in [1.807, 2.05) is 12.1 Å². The van der Waals surface area contributed by atoms with Crippen molar-refractivity contribution in [2.75, 3.05) is 26.2 Å². The first-order valence-electron chi connectivity index (χ1n) is 7.79. The molecule has 1 aliphatic rings. The number of halogens is 1. The van der Waals surface area contributed by atoms with Crippen LogP contribution in [0.15, 0.2) is 12.1 Å². The van der Waals surface area contributed by atoms with Crippen LogP contribution in [0, 0.1) is 13.8 Å². The quantitative estimate of drug-likeness (QED) is 0.682. The van der Waals surface area contributed by atoms with E-state index >= 15 is 0 Å². The number of benzene rings is 1. The molecule has 0 bridgehead atoms. The molecule has 1 saturated heterocycles. The van der Waals surface area contributed by atoms with E-state index in [-0.39, 0.29) is 0 Å². The minimum absolute atomic E-state index is 0.790. The first-order chi connectivity index (χ1) is 9.66. The zero-order valence-electron chi connectivity index (χ0n) is 12.8. The standard InChI is InChI=1S/C17H26ClNO/c1-14-12-16(18)13-15(2)17(14)20-11-7-3-4-8-19-9-5-6-10-19/h12-13H,3-11H2,1-2H3. The fourth-order valence-corrected chi connectivity index (χ4v) is 3.25. The predicted molar refractivity (Wildman–Crippen MR) is 85.9 cm³/mol. The van der Waals surface area contributed by atoms with Gasteiger partial charge in [-0.3, -0.25) is 0 Å². The SMILES string of the molecule is Cc1cc(Cl)cc(C)c1OCCCCCN1CCCC1. The lowest BCUT2D eigenvalue weighted by Gasteiger charge is -2.15. The maximum absolute atomic E-state index is 6.03. The van der Waals surface area contributed by atoms with Gasteiger partial charge in [-0.25, -0.2) is 0 Å². The zero-order valence-corrected chi connectivity index (χ0v) is 13.5. The molecular formula is C17H26ClNO. The number of unbranched alkanes of at least 4 members (excludes halogenated alkanes) is 2. The lowest BCUT2D eigenvalue weighted by atomic mass is 10.1. The molecular weight excluding hydrogens is 270 g/mol. The Kier molecular flexibility index (Phi) is 6.18. The smallest absolute Gasteiger partial charge is 0.125 e. The van der Waals surface area contributed by atoms with Gasteiger partial charge in [-0.05, 0) is 88.8 Å². The highest BCUT2D eigenvalue weighted by molar-refractivity contribution is 6.30. The second-order valence-electron chi connectivity index (χ2n) is 5.83. The Morgan fingerprint density at radius 2 is 1.70 bits per heavy atom. The molecule has 0 amide bonds. The highest BCUT2D eigenvalue weighted by Gasteiger charge is 2.10. The van der Waals surface area contributed by atoms with Crippen LogP contribution in [0.3, 0.4) is 0 Å². The second-order valence-corrected chi connectivity index (χ2v) is 6.26. The van der Waals surface area contributed by atoms with E-state index in [1.54, 1.807) is 0 Å². The number of hydrogen-bond donors (Lipinski definition) is 0. The van der Waals surface area contributed by atoms with Crippen LogP contribution in [-0.2, 0) is 0 Å². The van der Waals surface area contributed by atoms with Crippen molar-refractivity contribution in [1.29, 1.82) is 0 Å². The van der Waals surface area contributed by atoms with Gasteiger partial charge in [0.2, 0.25) is 0 Å². The monoisotopic (exact) mass is 295 g/mol. The van der Waals surface area contributed by atoms with Crippen LogP contribution in [-0.4, -0.2) is 31.1 Å². The van der Waals surface area contributed by atoms with E-state index in [2.05, 4.69) is 18.7 Å². The molecule has 1 aromatic carbocycles. The average Bonchev–Trinajstić information content (AvgIpc) is 2.89. The van der Waals surface area contributed by atoms with Gasteiger partial charge in [0.25, 0.3) is 0 Å². The van der Waals surface area contributed by atoms with Crippen molar-refractivity contribution in [2.24, 2.45) is 0 Å². The Bertz CT molecular complexity index is 404. The molecule has 1 heterocycles. The molecule has 2 rings (SSSR count). The maximum atomic E-state index is 6.03. The van der Waals surface area contributed by atoms with Crippen LogP contribution < -0.4 is 4.74 Å². The fourth-order valence-electron chi connectivity index (χ4n) is 2.92. The van der Waals surface area contributed by atoms with Gasteiger partial charge in [0.15, 0.2) is 0 Å². The lowest BCUT2D eigenvalue weighted by molar-refractivity contribution is 0.287. The fraction of sp³-hybridized carbons (Fsp3) is 0.647. The topological polar surface area (TPSA) is 12.5 Å². The van der Waals surface area contributed by atoms with Crippen molar-refractivity contribution in [2.45, 2.75) is 46.0 Å². The third kappa shape index (κ3) is 4.68. The van der Waals surface area contributed by atoms with Gasteiger partial charge in [0, 0.05) is 5.02 Å². The molecule has 0 radical (unpaired) electrons. The summed E-state index contributed by atoms with van der Waals surface area (Å²) in [6.45, 7) is 8.80. The number of nitrogens with zero attached hydrogens (tertiary/aromatic N) is 1. The molecule has 3 heteroatoms. The van der Waals surface area contributed by atoms with Crippen molar-refractivity contribution < 1.29 is 4.74 Å². The summed E-state index contributed by atoms with van der Waals surface area (Å²) in [4.78, 5) is 2.58. The van der Waals surface area contributed by atoms with Crippen LogP contribution >= 0.6 is 11.6 Å². The summed E-state index contributed by atoms with van der Waals surface area (Å²) < 4.78 is 5.92. The number of ether oxygens (including phenoxy) is 1. The molecule has 0 saturated carbocycles. The Hall–Kier alpha value is -0.730. The van der Waals surface area contributed by atoms with E-state index in [9.17, 15) is 0 Å². The number of likely N-dealkylation sites (tertiary alicyclic amines) is 1. The molecule has 2 nitrogen and oxygen atoms in total. The van der Waals surface area contributed by atoms with E-state index in [1.165, 1.54) is 45.3 Å². The molecule has 1 aliphatic heterocycles. The summed E-state index contributed by atoms with van der Waals surface area (Å²) >= 11 is 6.03. The van der Waals surface area contributed by atoms with Gasteiger partial charge in [-0.2, -0.15) is 0 Å². The van der Waals surface area contributed by atoms with Gasteiger partial charge < -0.3 is 9.64 Å². The third-order valence-electron chi connectivity index (χ3n) is 3.99. The van der Waals surface area contributed by atoms with E-state index < -0.39 is 0 Å². The number of hydrogen-bond acceptors (Lipinski definition) is 2. The Morgan fingerprint density at radius 3 is 2.35 bits per heavy atom. The Morgan fingerprint density at radius 1 is 1.05 bits per heavy atom. The molecule has 20 heavy (non-hydrogen) atoms. The maximum Gasteiger partial charge on any atom is 0.125 e. The number of aryl methyl sites for hydroxylation is 2. The van der Waals surface area contributed by atoms with Crippen LogP contribution in [0.2, 0.25) is 5.02 Å². The largest absolute Gasteiger partial charge is 0.493 e. The molecule has 1 fully saturated rings. The van der Waals surface area contributed by atoms with Crippen molar-refractivity contribution in [3.05, 3.63) is 28.3 Å². The predicted octanol–water partition coefficient (Wildman–Crippen LogP) is 4.60. The van der Waals surface area contributed by atoms with Crippen LogP contribution in [0.5, 0.6) is 5.75 Å². The Balaban J connectivity index is 1.63. The highest BCUT2D eigenvalue weighted by Crippen LogP contribution is 2.27. The lowest BCUT2D eigenvalue weighted by Crippen LogP contribution is -2.20. The summed E-state index contributed by atoms with van der Waals surface area (Å²) in [6.07, 6.45) is 6.45. The average molecular weight is 296 g/mol. The summed E-state index contributed by atoms with van der Waals surface area (Å²) in [5.41, 5.74) is 2.26. The summed E-state index contributed by atoms with van der Waals surface area (Å²) in [5, 5.41) is 0.790. The van der Waals surface area contributed by atoms with Crippen LogP contribution in [0.25, 0.3) is 0 Å². The number of rotatable bonds is 7. The van der Waals surface area contributed by atoms with Crippen LogP contribution in [0.4, 0.5) is 0 Å². The highest BCUT2D eigenvalue weighted by atomic mass is 35.5. The molecule has 1 aromatic rings. The molecule has 0 aromatic heterocycles. The first kappa shape index (κ1) is 15.7. The third-order valence-corrected chi connectivity index (χ3v) is 4.21. The minimum atomic E-state index is 0.790. The van der Waals surface area contributed by atoms with Gasteiger partial charge in [-0.1, -0.05) is 11.6 Å². The minimum Gasteiger partial charge on any atom is -0.493 e. The van der Waals surface area contributed by atoms with Gasteiger partial charge in [0.1, 0.15) is 5.75 Å². The van der Waals surface area contributed by atoms with E-state index in [0.717, 1.165) is 34.9 Å². The van der Waals surface area contributed by atoms with Gasteiger partial charge >= 0.3 is 0 Å². The molecule has 0 aliphatic carbocycles. The molecule has 0 N–H and O–H groups in total.